The predicted molar refractivity (Wildman–Crippen MR) is 64.6 cm³/mol. The summed E-state index contributed by atoms with van der Waals surface area (Å²) in [6, 6.07) is 3.50. The van der Waals surface area contributed by atoms with Crippen LogP contribution in [0.4, 0.5) is 0 Å². The molecule has 0 atom stereocenters. The summed E-state index contributed by atoms with van der Waals surface area (Å²) in [5.74, 6) is 0. The summed E-state index contributed by atoms with van der Waals surface area (Å²) in [7, 11) is 1.61. The van der Waals surface area contributed by atoms with E-state index in [2.05, 4.69) is 15.9 Å². The highest BCUT2D eigenvalue weighted by Gasteiger charge is 2.19. The average Bonchev–Trinajstić information content (AvgIpc) is 1.95. The second-order valence-corrected chi connectivity index (χ2v) is 6.88. The quantitative estimate of drug-likeness (QED) is 0.540. The van der Waals surface area contributed by atoms with E-state index in [1.54, 1.807) is 6.07 Å². The lowest BCUT2D eigenvalue weighted by Gasteiger charge is -2.05. The highest BCUT2D eigenvalue weighted by molar-refractivity contribution is 14.1. The second-order valence-electron chi connectivity index (χ2n) is 2.45. The van der Waals surface area contributed by atoms with Crippen molar-refractivity contribution in [3.63, 3.8) is 0 Å². The van der Waals surface area contributed by atoms with Crippen LogP contribution in [0.15, 0.2) is 21.5 Å². The molecule has 72 valence electrons. The van der Waals surface area contributed by atoms with Gasteiger partial charge < -0.3 is 0 Å². The first-order valence-corrected chi connectivity index (χ1v) is 7.41. The third-order valence-electron chi connectivity index (χ3n) is 1.49. The summed E-state index contributed by atoms with van der Waals surface area (Å²) >= 11 is 5.11. The van der Waals surface area contributed by atoms with Crippen molar-refractivity contribution in [2.24, 2.45) is 0 Å². The maximum absolute atomic E-state index is 11.2. The van der Waals surface area contributed by atoms with Crippen molar-refractivity contribution in [2.45, 2.75) is 11.8 Å². The first-order chi connectivity index (χ1) is 5.84. The van der Waals surface area contributed by atoms with Gasteiger partial charge in [-0.2, -0.15) is 0 Å². The molecule has 6 heteroatoms. The lowest BCUT2D eigenvalue weighted by atomic mass is 10.2. The summed E-state index contributed by atoms with van der Waals surface area (Å²) in [6.07, 6.45) is 0. The van der Waals surface area contributed by atoms with E-state index in [9.17, 15) is 8.42 Å². The Morgan fingerprint density at radius 1 is 1.46 bits per heavy atom. The van der Waals surface area contributed by atoms with E-state index in [0.29, 0.717) is 8.04 Å². The van der Waals surface area contributed by atoms with Crippen molar-refractivity contribution >= 4 is 58.3 Å². The fourth-order valence-corrected chi connectivity index (χ4v) is 5.36. The molecule has 0 aliphatic heterocycles. The van der Waals surface area contributed by atoms with Gasteiger partial charge in [-0.1, -0.05) is 6.07 Å². The van der Waals surface area contributed by atoms with Gasteiger partial charge in [-0.25, -0.2) is 8.42 Å². The highest BCUT2D eigenvalue weighted by Crippen LogP contribution is 2.31. The first-order valence-electron chi connectivity index (χ1n) is 3.23. The Bertz CT molecular complexity index is 444. The lowest BCUT2D eigenvalue weighted by molar-refractivity contribution is 0.608. The Morgan fingerprint density at radius 3 is 2.38 bits per heavy atom. The van der Waals surface area contributed by atoms with Crippen molar-refractivity contribution < 1.29 is 8.42 Å². The summed E-state index contributed by atoms with van der Waals surface area (Å²) in [6.45, 7) is 1.83. The topological polar surface area (TPSA) is 34.1 Å². The Hall–Kier alpha value is 0.670. The van der Waals surface area contributed by atoms with Gasteiger partial charge in [0.1, 0.15) is 4.90 Å². The van der Waals surface area contributed by atoms with Crippen molar-refractivity contribution in [3.8, 4) is 0 Å². The zero-order chi connectivity index (χ0) is 10.2. The van der Waals surface area contributed by atoms with Gasteiger partial charge in [0.15, 0.2) is 0 Å². The molecule has 0 spiro atoms. The van der Waals surface area contributed by atoms with Crippen molar-refractivity contribution in [3.05, 3.63) is 25.7 Å². The van der Waals surface area contributed by atoms with Gasteiger partial charge >= 0.3 is 0 Å². The van der Waals surface area contributed by atoms with Crippen molar-refractivity contribution in [1.29, 1.82) is 0 Å². The van der Waals surface area contributed by atoms with Gasteiger partial charge in [-0.15, -0.1) is 0 Å². The molecule has 1 aromatic rings. The molecule has 0 saturated carbocycles. The summed E-state index contributed by atoms with van der Waals surface area (Å²) in [5, 5.41) is 0. The summed E-state index contributed by atoms with van der Waals surface area (Å²) < 4.78 is 23.5. The summed E-state index contributed by atoms with van der Waals surface area (Å²) in [4.78, 5) is 0.148. The number of halogens is 3. The molecule has 0 amide bonds. The van der Waals surface area contributed by atoms with E-state index in [1.807, 2.05) is 35.6 Å². The van der Waals surface area contributed by atoms with Crippen molar-refractivity contribution in [1.82, 2.24) is 0 Å². The number of hydrogen-bond acceptors (Lipinski definition) is 2. The molecule has 1 aromatic carbocycles. The van der Waals surface area contributed by atoms with Crippen LogP contribution in [0.5, 0.6) is 0 Å². The highest BCUT2D eigenvalue weighted by atomic mass is 127. The number of aryl methyl sites for hydroxylation is 1. The van der Waals surface area contributed by atoms with Crippen LogP contribution in [-0.4, -0.2) is 8.42 Å². The van der Waals surface area contributed by atoms with Gasteiger partial charge in [0.05, 0.1) is 0 Å². The van der Waals surface area contributed by atoms with Crippen LogP contribution >= 0.6 is 49.2 Å². The molecule has 0 aliphatic rings. The normalized spacial score (nSPS) is 11.7. The van der Waals surface area contributed by atoms with E-state index in [1.165, 1.54) is 0 Å². The molecular formula is C7H5BrClIO2S. The van der Waals surface area contributed by atoms with E-state index < -0.39 is 9.05 Å². The Balaban J connectivity index is 3.62. The molecule has 0 bridgehead atoms. The summed E-state index contributed by atoms with van der Waals surface area (Å²) in [5.41, 5.74) is 0.892. The lowest BCUT2D eigenvalue weighted by Crippen LogP contribution is -1.97. The fourth-order valence-electron chi connectivity index (χ4n) is 0.854. The second kappa shape index (κ2) is 4.04. The van der Waals surface area contributed by atoms with Crippen LogP contribution in [-0.2, 0) is 9.05 Å². The van der Waals surface area contributed by atoms with Gasteiger partial charge in [-0.05, 0) is 57.1 Å². The van der Waals surface area contributed by atoms with Gasteiger partial charge in [0, 0.05) is 18.7 Å². The zero-order valence-electron chi connectivity index (χ0n) is 6.51. The zero-order valence-corrected chi connectivity index (χ0v) is 11.8. The minimum atomic E-state index is -3.67. The maximum Gasteiger partial charge on any atom is 0.263 e. The van der Waals surface area contributed by atoms with Crippen LogP contribution in [0, 0.1) is 10.5 Å². The molecule has 0 heterocycles. The molecule has 2 nitrogen and oxygen atoms in total. The average molecular weight is 395 g/mol. The fraction of sp³-hybridized carbons (Fsp3) is 0.143. The molecule has 13 heavy (non-hydrogen) atoms. The Labute approximate surface area is 103 Å². The standard InChI is InChI=1S/C7H5BrClIO2S/c1-4-2-3-5(8)7(6(4)10)13(9,11)12/h2-3H,1H3. The van der Waals surface area contributed by atoms with E-state index in [0.717, 1.165) is 5.56 Å². The minimum Gasteiger partial charge on any atom is -0.207 e. The van der Waals surface area contributed by atoms with Crippen LogP contribution in [0.2, 0.25) is 0 Å². The SMILES string of the molecule is Cc1ccc(Br)c(S(=O)(=O)Cl)c1I. The van der Waals surface area contributed by atoms with Crippen LogP contribution in [0.1, 0.15) is 5.56 Å². The Morgan fingerprint density at radius 2 is 2.00 bits per heavy atom. The van der Waals surface area contributed by atoms with E-state index in [4.69, 9.17) is 10.7 Å². The molecule has 0 saturated heterocycles. The van der Waals surface area contributed by atoms with Gasteiger partial charge in [0.25, 0.3) is 9.05 Å². The van der Waals surface area contributed by atoms with Gasteiger partial charge in [-0.3, -0.25) is 0 Å². The Kier molecular flexibility index (Phi) is 3.65. The smallest absolute Gasteiger partial charge is 0.207 e. The number of benzene rings is 1. The molecule has 0 aromatic heterocycles. The van der Waals surface area contributed by atoms with Crippen LogP contribution in [0.25, 0.3) is 0 Å². The number of rotatable bonds is 1. The molecule has 0 N–H and O–H groups in total. The molecule has 0 fully saturated rings. The van der Waals surface area contributed by atoms with Crippen LogP contribution < -0.4 is 0 Å². The monoisotopic (exact) mass is 394 g/mol. The van der Waals surface area contributed by atoms with Crippen LogP contribution in [0.3, 0.4) is 0 Å². The van der Waals surface area contributed by atoms with E-state index >= 15 is 0 Å². The molecular weight excluding hydrogens is 390 g/mol. The van der Waals surface area contributed by atoms with Crippen molar-refractivity contribution in [2.75, 3.05) is 0 Å². The van der Waals surface area contributed by atoms with Gasteiger partial charge in [0.2, 0.25) is 0 Å². The largest absolute Gasteiger partial charge is 0.263 e. The number of hydrogen-bond donors (Lipinski definition) is 0. The van der Waals surface area contributed by atoms with E-state index in [-0.39, 0.29) is 4.90 Å². The molecule has 0 unspecified atom stereocenters. The molecule has 0 aliphatic carbocycles. The minimum absolute atomic E-state index is 0.148. The third-order valence-corrected chi connectivity index (χ3v) is 5.54. The predicted octanol–water partition coefficient (Wildman–Crippen LogP) is 3.29. The molecule has 1 rings (SSSR count). The third kappa shape index (κ3) is 2.57. The maximum atomic E-state index is 11.2. The first kappa shape index (κ1) is 11.7. The molecule has 0 radical (unpaired) electrons.